The molecule has 0 spiro atoms. The molecule has 0 fully saturated rings. The second-order valence-electron chi connectivity index (χ2n) is 4.84. The standard InChI is InChI=1S/C14H26O3/c1-3-4-5-6-7-8-9-10-13(15)12(2)11-14(16)17/h12H,3-11H2,1-2H3,(H,16,17). The second-order valence-corrected chi connectivity index (χ2v) is 4.84. The lowest BCUT2D eigenvalue weighted by Gasteiger charge is -2.07. The average molecular weight is 242 g/mol. The smallest absolute Gasteiger partial charge is 0.304 e. The van der Waals surface area contributed by atoms with Gasteiger partial charge in [0.2, 0.25) is 0 Å². The Morgan fingerprint density at radius 3 is 2.06 bits per heavy atom. The molecule has 0 saturated heterocycles. The number of hydrogen-bond acceptors (Lipinski definition) is 2. The molecule has 0 aliphatic carbocycles. The normalized spacial score (nSPS) is 12.4. The van der Waals surface area contributed by atoms with Crippen LogP contribution < -0.4 is 0 Å². The Morgan fingerprint density at radius 1 is 1.00 bits per heavy atom. The summed E-state index contributed by atoms with van der Waals surface area (Å²) >= 11 is 0. The Morgan fingerprint density at radius 2 is 1.53 bits per heavy atom. The van der Waals surface area contributed by atoms with Crippen molar-refractivity contribution in [2.24, 2.45) is 5.92 Å². The first-order valence-electron chi connectivity index (χ1n) is 6.82. The molecule has 100 valence electrons. The molecule has 0 aromatic rings. The first-order chi connectivity index (χ1) is 8.07. The lowest BCUT2D eigenvalue weighted by molar-refractivity contribution is -0.140. The van der Waals surface area contributed by atoms with Crippen LogP contribution in [0.4, 0.5) is 0 Å². The molecule has 0 aliphatic rings. The number of ketones is 1. The van der Waals surface area contributed by atoms with Crippen molar-refractivity contribution < 1.29 is 14.7 Å². The van der Waals surface area contributed by atoms with E-state index in [2.05, 4.69) is 6.92 Å². The highest BCUT2D eigenvalue weighted by Crippen LogP contribution is 2.12. The molecular weight excluding hydrogens is 216 g/mol. The number of rotatable bonds is 11. The van der Waals surface area contributed by atoms with E-state index in [9.17, 15) is 9.59 Å². The van der Waals surface area contributed by atoms with Gasteiger partial charge >= 0.3 is 5.97 Å². The lowest BCUT2D eigenvalue weighted by Crippen LogP contribution is -2.14. The Bertz CT molecular complexity index is 224. The third-order valence-electron chi connectivity index (χ3n) is 3.06. The summed E-state index contributed by atoms with van der Waals surface area (Å²) in [4.78, 5) is 22.0. The quantitative estimate of drug-likeness (QED) is 0.560. The van der Waals surface area contributed by atoms with Crippen molar-refractivity contribution in [1.82, 2.24) is 0 Å². The minimum absolute atomic E-state index is 0.0324. The highest BCUT2D eigenvalue weighted by atomic mass is 16.4. The number of aliphatic carboxylic acids is 1. The third-order valence-corrected chi connectivity index (χ3v) is 3.06. The highest BCUT2D eigenvalue weighted by molar-refractivity contribution is 5.84. The van der Waals surface area contributed by atoms with Gasteiger partial charge < -0.3 is 5.11 Å². The Labute approximate surface area is 105 Å². The molecule has 1 N–H and O–H groups in total. The summed E-state index contributed by atoms with van der Waals surface area (Å²) < 4.78 is 0. The van der Waals surface area contributed by atoms with Gasteiger partial charge in [0.05, 0.1) is 6.42 Å². The van der Waals surface area contributed by atoms with Crippen LogP contribution in [0.1, 0.15) is 71.6 Å². The van der Waals surface area contributed by atoms with Gasteiger partial charge in [-0.25, -0.2) is 0 Å². The summed E-state index contributed by atoms with van der Waals surface area (Å²) in [6.07, 6.45) is 8.81. The number of carboxylic acid groups (broad SMARTS) is 1. The summed E-state index contributed by atoms with van der Waals surface area (Å²) in [6.45, 7) is 3.90. The van der Waals surface area contributed by atoms with E-state index >= 15 is 0 Å². The van der Waals surface area contributed by atoms with Crippen LogP contribution in [-0.4, -0.2) is 16.9 Å². The van der Waals surface area contributed by atoms with Gasteiger partial charge in [-0.2, -0.15) is 0 Å². The minimum Gasteiger partial charge on any atom is -0.481 e. The maximum atomic E-state index is 11.6. The average Bonchev–Trinajstić information content (AvgIpc) is 2.26. The first-order valence-corrected chi connectivity index (χ1v) is 6.82. The summed E-state index contributed by atoms with van der Waals surface area (Å²) in [5, 5.41) is 8.57. The van der Waals surface area contributed by atoms with Crippen molar-refractivity contribution in [2.75, 3.05) is 0 Å². The van der Waals surface area contributed by atoms with Crippen LogP contribution >= 0.6 is 0 Å². The second kappa shape index (κ2) is 10.3. The predicted molar refractivity (Wildman–Crippen MR) is 69.0 cm³/mol. The van der Waals surface area contributed by atoms with Crippen LogP contribution in [0.25, 0.3) is 0 Å². The molecule has 1 unspecified atom stereocenters. The van der Waals surface area contributed by atoms with Crippen LogP contribution in [-0.2, 0) is 9.59 Å². The zero-order chi connectivity index (χ0) is 13.1. The fourth-order valence-electron chi connectivity index (χ4n) is 1.88. The number of carbonyl (C=O) groups excluding carboxylic acids is 1. The van der Waals surface area contributed by atoms with Gasteiger partial charge in [0, 0.05) is 12.3 Å². The molecule has 1 atom stereocenters. The van der Waals surface area contributed by atoms with Crippen molar-refractivity contribution in [3.05, 3.63) is 0 Å². The van der Waals surface area contributed by atoms with Gasteiger partial charge in [0.1, 0.15) is 5.78 Å². The molecule has 0 aliphatic heterocycles. The summed E-state index contributed by atoms with van der Waals surface area (Å²) in [5.41, 5.74) is 0. The molecule has 0 amide bonds. The fourth-order valence-corrected chi connectivity index (χ4v) is 1.88. The molecule has 17 heavy (non-hydrogen) atoms. The van der Waals surface area contributed by atoms with Gasteiger partial charge in [-0.05, 0) is 6.42 Å². The number of Topliss-reactive ketones (excluding diaryl/α,β-unsaturated/α-hetero) is 1. The van der Waals surface area contributed by atoms with Gasteiger partial charge in [-0.3, -0.25) is 9.59 Å². The number of unbranched alkanes of at least 4 members (excludes halogenated alkanes) is 6. The van der Waals surface area contributed by atoms with E-state index in [1.165, 1.54) is 32.1 Å². The van der Waals surface area contributed by atoms with E-state index in [0.29, 0.717) is 6.42 Å². The van der Waals surface area contributed by atoms with Crippen molar-refractivity contribution in [3.63, 3.8) is 0 Å². The van der Waals surface area contributed by atoms with Gasteiger partial charge in [-0.1, -0.05) is 52.4 Å². The van der Waals surface area contributed by atoms with Gasteiger partial charge in [0.25, 0.3) is 0 Å². The number of carboxylic acids is 1. The van der Waals surface area contributed by atoms with E-state index in [4.69, 9.17) is 5.11 Å². The van der Waals surface area contributed by atoms with Crippen LogP contribution in [0.3, 0.4) is 0 Å². The van der Waals surface area contributed by atoms with Crippen LogP contribution in [0.15, 0.2) is 0 Å². The fraction of sp³-hybridized carbons (Fsp3) is 0.857. The lowest BCUT2D eigenvalue weighted by atomic mass is 9.97. The Kier molecular flexibility index (Phi) is 9.78. The van der Waals surface area contributed by atoms with Crippen LogP contribution in [0, 0.1) is 5.92 Å². The van der Waals surface area contributed by atoms with E-state index in [0.717, 1.165) is 12.8 Å². The van der Waals surface area contributed by atoms with Crippen molar-refractivity contribution in [1.29, 1.82) is 0 Å². The Balaban J connectivity index is 3.41. The monoisotopic (exact) mass is 242 g/mol. The number of carbonyl (C=O) groups is 2. The molecule has 0 saturated carbocycles. The van der Waals surface area contributed by atoms with Crippen molar-refractivity contribution >= 4 is 11.8 Å². The van der Waals surface area contributed by atoms with Crippen molar-refractivity contribution in [3.8, 4) is 0 Å². The van der Waals surface area contributed by atoms with Crippen LogP contribution in [0.2, 0.25) is 0 Å². The van der Waals surface area contributed by atoms with E-state index in [-0.39, 0.29) is 18.1 Å². The molecule has 0 aromatic carbocycles. The maximum absolute atomic E-state index is 11.6. The molecule has 0 aromatic heterocycles. The van der Waals surface area contributed by atoms with Crippen LogP contribution in [0.5, 0.6) is 0 Å². The molecule has 0 rings (SSSR count). The van der Waals surface area contributed by atoms with Gasteiger partial charge in [0.15, 0.2) is 0 Å². The van der Waals surface area contributed by atoms with E-state index in [1.54, 1.807) is 6.92 Å². The predicted octanol–water partition coefficient (Wildman–Crippen LogP) is 3.81. The molecule has 3 heteroatoms. The maximum Gasteiger partial charge on any atom is 0.304 e. The topological polar surface area (TPSA) is 54.4 Å². The summed E-state index contributed by atoms with van der Waals surface area (Å²) in [5.74, 6) is -1.11. The Hall–Kier alpha value is -0.860. The largest absolute Gasteiger partial charge is 0.481 e. The first kappa shape index (κ1) is 16.1. The molecular formula is C14H26O3. The molecule has 3 nitrogen and oxygen atoms in total. The summed E-state index contributed by atoms with van der Waals surface area (Å²) in [7, 11) is 0. The summed E-state index contributed by atoms with van der Waals surface area (Å²) in [6, 6.07) is 0. The zero-order valence-electron chi connectivity index (χ0n) is 11.2. The zero-order valence-corrected chi connectivity index (χ0v) is 11.2. The minimum atomic E-state index is -0.884. The van der Waals surface area contributed by atoms with Gasteiger partial charge in [-0.15, -0.1) is 0 Å². The van der Waals surface area contributed by atoms with E-state index < -0.39 is 5.97 Å². The van der Waals surface area contributed by atoms with E-state index in [1.807, 2.05) is 0 Å². The number of hydrogen-bond donors (Lipinski definition) is 1. The SMILES string of the molecule is CCCCCCCCCC(=O)C(C)CC(=O)O. The van der Waals surface area contributed by atoms with Crippen molar-refractivity contribution in [2.45, 2.75) is 71.6 Å². The highest BCUT2D eigenvalue weighted by Gasteiger charge is 2.15. The molecule has 0 heterocycles. The third kappa shape index (κ3) is 10.0. The molecule has 0 bridgehead atoms. The molecule has 0 radical (unpaired) electrons.